The number of benzene rings is 4. The fraction of sp³-hybridized carbons (Fsp3) is 0.270. The maximum atomic E-state index is 13.3. The second-order valence-electron chi connectivity index (χ2n) is 11.3. The van der Waals surface area contributed by atoms with E-state index >= 15 is 0 Å². The standard InChI is InChI=1S/C37H41ClN4O2S/c38-35-23-21-31(22-24-35)28-42(26-13-25-39)45(43,44)27-12-4-11-20-36-29-41(30-40-36)37(32-14-5-1-6-15-32,33-16-7-2-8-17-33)34-18-9-3-10-19-34/h1-3,5-10,14-19,21-24,29-30H,4,11-13,20,25-28,39H2. The van der Waals surface area contributed by atoms with Gasteiger partial charge in [0.15, 0.2) is 0 Å². The molecule has 0 atom stereocenters. The Morgan fingerprint density at radius 1 is 0.733 bits per heavy atom. The molecule has 0 saturated carbocycles. The second kappa shape index (κ2) is 15.5. The minimum absolute atomic E-state index is 0.110. The number of hydrogen-bond donors (Lipinski definition) is 1. The van der Waals surface area contributed by atoms with E-state index in [1.54, 1.807) is 16.4 Å². The van der Waals surface area contributed by atoms with Crippen molar-refractivity contribution in [2.24, 2.45) is 5.73 Å². The Hall–Kier alpha value is -3.75. The summed E-state index contributed by atoms with van der Waals surface area (Å²) in [4.78, 5) is 4.84. The highest BCUT2D eigenvalue weighted by Crippen LogP contribution is 2.40. The summed E-state index contributed by atoms with van der Waals surface area (Å²) in [5.41, 5.74) is 10.4. The van der Waals surface area contributed by atoms with Crippen LogP contribution in [0.1, 0.15) is 53.6 Å². The van der Waals surface area contributed by atoms with Crippen molar-refractivity contribution < 1.29 is 8.42 Å². The first kappa shape index (κ1) is 32.6. The van der Waals surface area contributed by atoms with Crippen LogP contribution in [-0.4, -0.2) is 41.1 Å². The molecule has 8 heteroatoms. The number of nitrogens with two attached hydrogens (primary N) is 1. The predicted molar refractivity (Wildman–Crippen MR) is 184 cm³/mol. The highest BCUT2D eigenvalue weighted by molar-refractivity contribution is 7.89. The van der Waals surface area contributed by atoms with Gasteiger partial charge in [-0.3, -0.25) is 0 Å². The highest BCUT2D eigenvalue weighted by atomic mass is 35.5. The van der Waals surface area contributed by atoms with Gasteiger partial charge in [-0.25, -0.2) is 13.4 Å². The van der Waals surface area contributed by atoms with Crippen LogP contribution in [-0.2, 0) is 28.5 Å². The van der Waals surface area contributed by atoms with Gasteiger partial charge >= 0.3 is 0 Å². The maximum Gasteiger partial charge on any atom is 0.214 e. The Balaban J connectivity index is 1.28. The molecule has 2 N–H and O–H groups in total. The Morgan fingerprint density at radius 3 is 1.82 bits per heavy atom. The zero-order valence-electron chi connectivity index (χ0n) is 25.5. The summed E-state index contributed by atoms with van der Waals surface area (Å²) < 4.78 is 30.4. The van der Waals surface area contributed by atoms with Crippen LogP contribution in [0.3, 0.4) is 0 Å². The van der Waals surface area contributed by atoms with Gasteiger partial charge in [0, 0.05) is 24.3 Å². The average molecular weight is 641 g/mol. The van der Waals surface area contributed by atoms with Crippen molar-refractivity contribution in [1.29, 1.82) is 0 Å². The topological polar surface area (TPSA) is 81.2 Å². The molecule has 4 aromatic carbocycles. The molecule has 0 saturated heterocycles. The van der Waals surface area contributed by atoms with Crippen LogP contribution in [0.5, 0.6) is 0 Å². The summed E-state index contributed by atoms with van der Waals surface area (Å²) in [5.74, 6) is 0.110. The molecule has 1 heterocycles. The van der Waals surface area contributed by atoms with Gasteiger partial charge in [0.1, 0.15) is 5.54 Å². The van der Waals surface area contributed by atoms with Crippen molar-refractivity contribution in [2.45, 2.75) is 44.2 Å². The van der Waals surface area contributed by atoms with Gasteiger partial charge in [0.05, 0.1) is 17.8 Å². The molecule has 0 bridgehead atoms. The molecule has 0 unspecified atom stereocenters. The molecule has 6 nitrogen and oxygen atoms in total. The van der Waals surface area contributed by atoms with E-state index in [0.717, 1.165) is 47.2 Å². The zero-order chi connectivity index (χ0) is 31.5. The number of nitrogens with zero attached hydrogens (tertiary/aromatic N) is 3. The minimum atomic E-state index is -3.43. The van der Waals surface area contributed by atoms with E-state index in [4.69, 9.17) is 22.3 Å². The Labute approximate surface area is 272 Å². The van der Waals surface area contributed by atoms with Crippen LogP contribution in [0.15, 0.2) is 128 Å². The first-order chi connectivity index (χ1) is 21.9. The van der Waals surface area contributed by atoms with Gasteiger partial charge in [-0.05, 0) is 66.6 Å². The van der Waals surface area contributed by atoms with Crippen LogP contribution in [0.4, 0.5) is 0 Å². The summed E-state index contributed by atoms with van der Waals surface area (Å²) in [5, 5.41) is 0.630. The van der Waals surface area contributed by atoms with E-state index in [-0.39, 0.29) is 5.75 Å². The fourth-order valence-corrected chi connectivity index (χ4v) is 7.64. The largest absolute Gasteiger partial charge is 0.330 e. The first-order valence-corrected chi connectivity index (χ1v) is 17.5. The molecule has 0 amide bonds. The molecule has 0 aliphatic heterocycles. The van der Waals surface area contributed by atoms with E-state index in [1.165, 1.54) is 0 Å². The first-order valence-electron chi connectivity index (χ1n) is 15.6. The number of rotatable bonds is 16. The Morgan fingerprint density at radius 2 is 1.29 bits per heavy atom. The lowest BCUT2D eigenvalue weighted by Gasteiger charge is -2.37. The Bertz CT molecular complexity index is 1610. The van der Waals surface area contributed by atoms with Crippen molar-refractivity contribution >= 4 is 21.6 Å². The molecule has 5 aromatic rings. The molecule has 45 heavy (non-hydrogen) atoms. The van der Waals surface area contributed by atoms with Crippen molar-refractivity contribution in [2.75, 3.05) is 18.8 Å². The monoisotopic (exact) mass is 640 g/mol. The third-order valence-electron chi connectivity index (χ3n) is 8.21. The van der Waals surface area contributed by atoms with Gasteiger partial charge in [0.25, 0.3) is 0 Å². The van der Waals surface area contributed by atoms with E-state index < -0.39 is 15.6 Å². The molecule has 0 aliphatic rings. The van der Waals surface area contributed by atoms with Crippen LogP contribution in [0, 0.1) is 0 Å². The molecular formula is C37H41ClN4O2S. The lowest BCUT2D eigenvalue weighted by Crippen LogP contribution is -2.36. The smallest absolute Gasteiger partial charge is 0.214 e. The van der Waals surface area contributed by atoms with E-state index in [0.29, 0.717) is 37.5 Å². The van der Waals surface area contributed by atoms with E-state index in [1.807, 2.05) is 36.7 Å². The van der Waals surface area contributed by atoms with Crippen LogP contribution in [0.2, 0.25) is 5.02 Å². The molecule has 234 valence electrons. The lowest BCUT2D eigenvalue weighted by molar-refractivity contribution is 0.400. The SMILES string of the molecule is NCCCN(Cc1ccc(Cl)cc1)S(=O)(=O)CCCCCc1cn(C(c2ccccc2)(c2ccccc2)c2ccccc2)cn1. The highest BCUT2D eigenvalue weighted by Gasteiger charge is 2.38. The minimum Gasteiger partial charge on any atom is -0.330 e. The van der Waals surface area contributed by atoms with E-state index in [9.17, 15) is 8.42 Å². The third-order valence-corrected chi connectivity index (χ3v) is 10.4. The Kier molecular flexibility index (Phi) is 11.2. The van der Waals surface area contributed by atoms with Gasteiger partial charge in [-0.1, -0.05) is 121 Å². The zero-order valence-corrected chi connectivity index (χ0v) is 27.1. The number of aryl methyl sites for hydroxylation is 1. The number of halogens is 1. The molecule has 0 fully saturated rings. The third kappa shape index (κ3) is 7.92. The number of imidazole rings is 1. The molecule has 0 spiro atoms. The molecule has 1 aromatic heterocycles. The van der Waals surface area contributed by atoms with Gasteiger partial charge in [0.2, 0.25) is 10.0 Å². The van der Waals surface area contributed by atoms with Crippen molar-refractivity contribution in [1.82, 2.24) is 13.9 Å². The van der Waals surface area contributed by atoms with Crippen molar-refractivity contribution in [3.8, 4) is 0 Å². The lowest BCUT2D eigenvalue weighted by atomic mass is 9.77. The molecule has 0 aliphatic carbocycles. The summed E-state index contributed by atoms with van der Waals surface area (Å²) in [7, 11) is -3.43. The van der Waals surface area contributed by atoms with Crippen LogP contribution < -0.4 is 5.73 Å². The summed E-state index contributed by atoms with van der Waals surface area (Å²) in [6, 6.07) is 38.9. The van der Waals surface area contributed by atoms with Crippen LogP contribution >= 0.6 is 11.6 Å². The van der Waals surface area contributed by atoms with Gasteiger partial charge in [-0.15, -0.1) is 0 Å². The normalized spacial score (nSPS) is 12.1. The summed E-state index contributed by atoms with van der Waals surface area (Å²) in [6.45, 7) is 1.17. The number of hydrogen-bond acceptors (Lipinski definition) is 4. The van der Waals surface area contributed by atoms with Gasteiger partial charge in [-0.2, -0.15) is 4.31 Å². The van der Waals surface area contributed by atoms with Gasteiger partial charge < -0.3 is 10.3 Å². The number of unbranched alkanes of at least 4 members (excludes halogenated alkanes) is 2. The number of sulfonamides is 1. The van der Waals surface area contributed by atoms with Crippen LogP contribution in [0.25, 0.3) is 0 Å². The van der Waals surface area contributed by atoms with Crippen molar-refractivity contribution in [3.63, 3.8) is 0 Å². The molecular weight excluding hydrogens is 600 g/mol. The summed E-state index contributed by atoms with van der Waals surface area (Å²) in [6.07, 6.45) is 7.68. The quantitative estimate of drug-likeness (QED) is 0.0909. The number of aromatic nitrogens is 2. The predicted octanol–water partition coefficient (Wildman–Crippen LogP) is 7.27. The average Bonchev–Trinajstić information content (AvgIpc) is 3.54. The summed E-state index contributed by atoms with van der Waals surface area (Å²) >= 11 is 6.02. The second-order valence-corrected chi connectivity index (χ2v) is 13.8. The van der Waals surface area contributed by atoms with E-state index in [2.05, 4.69) is 83.6 Å². The molecule has 5 rings (SSSR count). The maximum absolute atomic E-state index is 13.3. The molecule has 0 radical (unpaired) electrons. The van der Waals surface area contributed by atoms with Crippen molar-refractivity contribution in [3.05, 3.63) is 161 Å². The fourth-order valence-electron chi connectivity index (χ4n) is 5.94.